The van der Waals surface area contributed by atoms with E-state index in [0.29, 0.717) is 0 Å². The maximum Gasteiger partial charge on any atom is 0.141 e. The van der Waals surface area contributed by atoms with E-state index in [4.69, 9.17) is 4.74 Å². The summed E-state index contributed by atoms with van der Waals surface area (Å²) in [5.41, 5.74) is 3.48. The van der Waals surface area contributed by atoms with Gasteiger partial charge in [-0.3, -0.25) is 0 Å². The van der Waals surface area contributed by atoms with Crippen LogP contribution in [0.1, 0.15) is 37.0 Å². The number of benzene rings is 1. The zero-order valence-corrected chi connectivity index (χ0v) is 13.6. The zero-order valence-electron chi connectivity index (χ0n) is 12.8. The second-order valence-corrected chi connectivity index (χ2v) is 6.88. The van der Waals surface area contributed by atoms with E-state index >= 15 is 0 Å². The average molecular weight is 290 g/mol. The number of rotatable bonds is 4. The normalized spacial score (nSPS) is 11.4. The van der Waals surface area contributed by atoms with E-state index in [2.05, 4.69) is 49.4 Å². The summed E-state index contributed by atoms with van der Waals surface area (Å²) in [6.07, 6.45) is 0. The highest BCUT2D eigenvalue weighted by molar-refractivity contribution is 7.09. The molecule has 0 unspecified atom stereocenters. The molecule has 0 bridgehead atoms. The SMILES string of the molecule is COc1ccc(C)cc1NCc1nc(C(C)(C)C)cs1. The summed E-state index contributed by atoms with van der Waals surface area (Å²) < 4.78 is 5.37. The number of methoxy groups -OCH3 is 1. The van der Waals surface area contributed by atoms with Gasteiger partial charge in [0.15, 0.2) is 0 Å². The first kappa shape index (κ1) is 14.9. The molecule has 1 aromatic heterocycles. The maximum atomic E-state index is 5.37. The van der Waals surface area contributed by atoms with E-state index < -0.39 is 0 Å². The van der Waals surface area contributed by atoms with Crippen LogP contribution in [0.15, 0.2) is 23.6 Å². The van der Waals surface area contributed by atoms with Crippen LogP contribution in [0.25, 0.3) is 0 Å². The van der Waals surface area contributed by atoms with Gasteiger partial charge in [-0.15, -0.1) is 11.3 Å². The Bertz CT molecular complexity index is 584. The minimum absolute atomic E-state index is 0.107. The maximum absolute atomic E-state index is 5.37. The molecule has 0 aliphatic carbocycles. The quantitative estimate of drug-likeness (QED) is 0.908. The first-order valence-electron chi connectivity index (χ1n) is 6.73. The lowest BCUT2D eigenvalue weighted by Gasteiger charge is -2.14. The summed E-state index contributed by atoms with van der Waals surface area (Å²) in [6, 6.07) is 6.13. The lowest BCUT2D eigenvalue weighted by molar-refractivity contribution is 0.416. The van der Waals surface area contributed by atoms with Gasteiger partial charge in [0.1, 0.15) is 10.8 Å². The fourth-order valence-corrected chi connectivity index (χ4v) is 2.83. The fraction of sp³-hybridized carbons (Fsp3) is 0.438. The highest BCUT2D eigenvalue weighted by Gasteiger charge is 2.17. The Hall–Kier alpha value is -1.55. The van der Waals surface area contributed by atoms with Gasteiger partial charge >= 0.3 is 0 Å². The number of ether oxygens (including phenoxy) is 1. The van der Waals surface area contributed by atoms with Crippen LogP contribution in [-0.2, 0) is 12.0 Å². The zero-order chi connectivity index (χ0) is 14.8. The van der Waals surface area contributed by atoms with Gasteiger partial charge < -0.3 is 10.1 Å². The van der Waals surface area contributed by atoms with E-state index in [1.165, 1.54) is 5.56 Å². The smallest absolute Gasteiger partial charge is 0.141 e. The average Bonchev–Trinajstić information content (AvgIpc) is 2.85. The number of hydrogen-bond donors (Lipinski definition) is 1. The standard InChI is InChI=1S/C16H22N2OS/c1-11-6-7-13(19-5)12(8-11)17-9-15-18-14(10-20-15)16(2,3)4/h6-8,10,17H,9H2,1-5H3. The van der Waals surface area contributed by atoms with E-state index in [9.17, 15) is 0 Å². The Morgan fingerprint density at radius 3 is 2.65 bits per heavy atom. The molecule has 20 heavy (non-hydrogen) atoms. The summed E-state index contributed by atoms with van der Waals surface area (Å²) in [4.78, 5) is 4.69. The lowest BCUT2D eigenvalue weighted by atomic mass is 9.93. The highest BCUT2D eigenvalue weighted by atomic mass is 32.1. The molecule has 1 N–H and O–H groups in total. The van der Waals surface area contributed by atoms with Crippen molar-refractivity contribution in [1.29, 1.82) is 0 Å². The van der Waals surface area contributed by atoms with Gasteiger partial charge in [-0.2, -0.15) is 0 Å². The molecule has 0 spiro atoms. The Kier molecular flexibility index (Phi) is 4.33. The first-order chi connectivity index (χ1) is 9.40. The monoisotopic (exact) mass is 290 g/mol. The van der Waals surface area contributed by atoms with Crippen LogP contribution in [0.3, 0.4) is 0 Å². The third-order valence-electron chi connectivity index (χ3n) is 3.11. The number of thiazole rings is 1. The topological polar surface area (TPSA) is 34.1 Å². The Morgan fingerprint density at radius 2 is 2.05 bits per heavy atom. The number of aryl methyl sites for hydroxylation is 1. The minimum Gasteiger partial charge on any atom is -0.495 e. The molecular weight excluding hydrogens is 268 g/mol. The van der Waals surface area contributed by atoms with Crippen LogP contribution in [-0.4, -0.2) is 12.1 Å². The van der Waals surface area contributed by atoms with Crippen molar-refractivity contribution in [2.45, 2.75) is 39.7 Å². The molecular formula is C16H22N2OS. The van der Waals surface area contributed by atoms with Crippen LogP contribution in [0.2, 0.25) is 0 Å². The van der Waals surface area contributed by atoms with Crippen LogP contribution in [0.5, 0.6) is 5.75 Å². The van der Waals surface area contributed by atoms with Crippen molar-refractivity contribution >= 4 is 17.0 Å². The number of nitrogens with zero attached hydrogens (tertiary/aromatic N) is 1. The van der Waals surface area contributed by atoms with Crippen molar-refractivity contribution in [3.8, 4) is 5.75 Å². The van der Waals surface area contributed by atoms with Gasteiger partial charge in [0.25, 0.3) is 0 Å². The summed E-state index contributed by atoms with van der Waals surface area (Å²) in [5, 5.41) is 6.65. The molecule has 3 nitrogen and oxygen atoms in total. The van der Waals surface area contributed by atoms with Crippen LogP contribution >= 0.6 is 11.3 Å². The molecule has 0 aliphatic rings. The number of hydrogen-bond acceptors (Lipinski definition) is 4. The van der Waals surface area contributed by atoms with Gasteiger partial charge in [-0.05, 0) is 24.6 Å². The minimum atomic E-state index is 0.107. The molecule has 0 saturated heterocycles. The second-order valence-electron chi connectivity index (χ2n) is 5.93. The van der Waals surface area contributed by atoms with Crippen molar-refractivity contribution in [3.63, 3.8) is 0 Å². The predicted molar refractivity (Wildman–Crippen MR) is 85.9 cm³/mol. The molecule has 1 heterocycles. The van der Waals surface area contributed by atoms with E-state index in [1.54, 1.807) is 18.4 Å². The van der Waals surface area contributed by atoms with Gasteiger partial charge in [0.05, 0.1) is 25.0 Å². The van der Waals surface area contributed by atoms with E-state index in [0.717, 1.165) is 28.7 Å². The third kappa shape index (κ3) is 3.51. The molecule has 0 atom stereocenters. The van der Waals surface area contributed by atoms with Crippen molar-refractivity contribution in [2.75, 3.05) is 12.4 Å². The van der Waals surface area contributed by atoms with Gasteiger partial charge in [0.2, 0.25) is 0 Å². The summed E-state index contributed by atoms with van der Waals surface area (Å²) >= 11 is 1.70. The summed E-state index contributed by atoms with van der Waals surface area (Å²) in [5.74, 6) is 0.864. The van der Waals surface area contributed by atoms with E-state index in [-0.39, 0.29) is 5.41 Å². The van der Waals surface area contributed by atoms with Gasteiger partial charge in [0, 0.05) is 10.8 Å². The molecule has 4 heteroatoms. The molecule has 108 valence electrons. The highest BCUT2D eigenvalue weighted by Crippen LogP contribution is 2.27. The van der Waals surface area contributed by atoms with Crippen molar-refractivity contribution in [1.82, 2.24) is 4.98 Å². The van der Waals surface area contributed by atoms with Crippen molar-refractivity contribution in [2.24, 2.45) is 0 Å². The molecule has 0 fully saturated rings. The Morgan fingerprint density at radius 1 is 1.30 bits per heavy atom. The van der Waals surface area contributed by atoms with Crippen LogP contribution < -0.4 is 10.1 Å². The van der Waals surface area contributed by atoms with Crippen molar-refractivity contribution in [3.05, 3.63) is 39.8 Å². The Labute approximate surface area is 125 Å². The number of nitrogens with one attached hydrogen (secondary N) is 1. The number of anilines is 1. The molecule has 0 amide bonds. The second kappa shape index (κ2) is 5.83. The van der Waals surface area contributed by atoms with Gasteiger partial charge in [-0.25, -0.2) is 4.98 Å². The molecule has 2 rings (SSSR count). The third-order valence-corrected chi connectivity index (χ3v) is 3.95. The summed E-state index contributed by atoms with van der Waals surface area (Å²) in [6.45, 7) is 9.35. The molecule has 1 aromatic carbocycles. The molecule has 0 aliphatic heterocycles. The Balaban J connectivity index is 2.09. The molecule has 0 saturated carbocycles. The fourth-order valence-electron chi connectivity index (χ4n) is 1.87. The van der Waals surface area contributed by atoms with E-state index in [1.807, 2.05) is 12.1 Å². The number of aromatic nitrogens is 1. The van der Waals surface area contributed by atoms with Gasteiger partial charge in [-0.1, -0.05) is 26.8 Å². The van der Waals surface area contributed by atoms with Crippen LogP contribution in [0.4, 0.5) is 5.69 Å². The lowest BCUT2D eigenvalue weighted by Crippen LogP contribution is -2.12. The predicted octanol–water partition coefficient (Wildman–Crippen LogP) is 4.37. The molecule has 0 radical (unpaired) electrons. The summed E-state index contributed by atoms with van der Waals surface area (Å²) in [7, 11) is 1.69. The largest absolute Gasteiger partial charge is 0.495 e. The molecule has 2 aromatic rings. The van der Waals surface area contributed by atoms with Crippen LogP contribution in [0, 0.1) is 6.92 Å². The first-order valence-corrected chi connectivity index (χ1v) is 7.61. The van der Waals surface area contributed by atoms with Crippen molar-refractivity contribution < 1.29 is 4.74 Å².